The van der Waals surface area contributed by atoms with Gasteiger partial charge in [0.1, 0.15) is 0 Å². The summed E-state index contributed by atoms with van der Waals surface area (Å²) in [7, 11) is 0. The zero-order chi connectivity index (χ0) is 12.5. The number of aromatic nitrogens is 1. The van der Waals surface area contributed by atoms with Crippen LogP contribution in [0.1, 0.15) is 18.5 Å². The van der Waals surface area contributed by atoms with E-state index in [-0.39, 0.29) is 0 Å². The number of fused-ring (bicyclic) bond motifs is 1. The van der Waals surface area contributed by atoms with E-state index in [1.54, 1.807) is 0 Å². The van der Waals surface area contributed by atoms with Crippen LogP contribution in [0.4, 0.5) is 5.69 Å². The van der Waals surface area contributed by atoms with Gasteiger partial charge < -0.3 is 10.6 Å². The van der Waals surface area contributed by atoms with Crippen LogP contribution < -0.4 is 10.6 Å². The lowest BCUT2D eigenvalue weighted by Crippen LogP contribution is -2.39. The minimum atomic E-state index is 0.371. The van der Waals surface area contributed by atoms with E-state index in [0.29, 0.717) is 6.04 Å². The van der Waals surface area contributed by atoms with E-state index in [2.05, 4.69) is 41.1 Å². The second-order valence-electron chi connectivity index (χ2n) is 5.12. The number of pyridine rings is 1. The first-order chi connectivity index (χ1) is 8.74. The minimum absolute atomic E-state index is 0.371. The van der Waals surface area contributed by atoms with Crippen LogP contribution in [-0.2, 0) is 0 Å². The molecule has 2 N–H and O–H groups in total. The van der Waals surface area contributed by atoms with Crippen molar-refractivity contribution >= 4 is 16.6 Å². The first-order valence-corrected chi connectivity index (χ1v) is 6.61. The van der Waals surface area contributed by atoms with E-state index in [9.17, 15) is 0 Å². The maximum Gasteiger partial charge on any atom is 0.0726 e. The van der Waals surface area contributed by atoms with E-state index in [1.165, 1.54) is 11.1 Å². The van der Waals surface area contributed by atoms with Gasteiger partial charge in [0.2, 0.25) is 0 Å². The Morgan fingerprint density at radius 1 is 1.22 bits per heavy atom. The highest BCUT2D eigenvalue weighted by atomic mass is 15.1. The monoisotopic (exact) mass is 241 g/mol. The number of anilines is 1. The fraction of sp³-hybridized carbons (Fsp3) is 0.400. The summed E-state index contributed by atoms with van der Waals surface area (Å²) in [4.78, 5) is 7.04. The average Bonchev–Trinajstić information content (AvgIpc) is 2.38. The second-order valence-corrected chi connectivity index (χ2v) is 5.12. The van der Waals surface area contributed by atoms with Crippen molar-refractivity contribution in [3.63, 3.8) is 0 Å². The predicted octanol–water partition coefficient (Wildman–Crippen LogP) is 2.47. The maximum absolute atomic E-state index is 5.98. The van der Waals surface area contributed by atoms with Gasteiger partial charge in [-0.05, 0) is 31.9 Å². The molecule has 0 bridgehead atoms. The van der Waals surface area contributed by atoms with Crippen molar-refractivity contribution in [2.45, 2.75) is 25.8 Å². The predicted molar refractivity (Wildman–Crippen MR) is 75.9 cm³/mol. The standard InChI is InChI=1S/C15H19N3/c1-11-10-15(18-8-6-12(16)7-9-18)13-4-2-3-5-14(13)17-11/h2-5,10,12H,6-9,16H2,1H3. The lowest BCUT2D eigenvalue weighted by molar-refractivity contribution is 0.502. The first kappa shape index (κ1) is 11.5. The van der Waals surface area contributed by atoms with Gasteiger partial charge in [0.05, 0.1) is 5.52 Å². The molecular formula is C15H19N3. The van der Waals surface area contributed by atoms with Crippen molar-refractivity contribution in [3.05, 3.63) is 36.0 Å². The summed E-state index contributed by atoms with van der Waals surface area (Å²) in [6.07, 6.45) is 2.16. The van der Waals surface area contributed by atoms with Crippen molar-refractivity contribution in [1.82, 2.24) is 4.98 Å². The minimum Gasteiger partial charge on any atom is -0.371 e. The van der Waals surface area contributed by atoms with Crippen molar-refractivity contribution in [3.8, 4) is 0 Å². The number of piperidine rings is 1. The molecule has 0 radical (unpaired) electrons. The van der Waals surface area contributed by atoms with Crippen LogP contribution in [0.3, 0.4) is 0 Å². The molecule has 0 aliphatic carbocycles. The summed E-state index contributed by atoms with van der Waals surface area (Å²) < 4.78 is 0. The molecule has 0 atom stereocenters. The fourth-order valence-electron chi connectivity index (χ4n) is 2.69. The van der Waals surface area contributed by atoms with E-state index in [4.69, 9.17) is 5.73 Å². The van der Waals surface area contributed by atoms with Crippen LogP contribution >= 0.6 is 0 Å². The SMILES string of the molecule is Cc1cc(N2CCC(N)CC2)c2ccccc2n1. The Balaban J connectivity index is 2.05. The van der Waals surface area contributed by atoms with Gasteiger partial charge in [-0.2, -0.15) is 0 Å². The largest absolute Gasteiger partial charge is 0.371 e. The average molecular weight is 241 g/mol. The molecule has 18 heavy (non-hydrogen) atoms. The molecule has 3 heteroatoms. The van der Waals surface area contributed by atoms with E-state index in [0.717, 1.165) is 37.1 Å². The van der Waals surface area contributed by atoms with Crippen molar-refractivity contribution < 1.29 is 0 Å². The summed E-state index contributed by atoms with van der Waals surface area (Å²) in [5, 5.41) is 1.25. The van der Waals surface area contributed by atoms with Gasteiger partial charge in [0.15, 0.2) is 0 Å². The van der Waals surface area contributed by atoms with Gasteiger partial charge in [0, 0.05) is 35.9 Å². The Hall–Kier alpha value is -1.61. The maximum atomic E-state index is 5.98. The quantitative estimate of drug-likeness (QED) is 0.834. The van der Waals surface area contributed by atoms with Gasteiger partial charge in [-0.3, -0.25) is 4.98 Å². The molecule has 2 heterocycles. The fourth-order valence-corrected chi connectivity index (χ4v) is 2.69. The third-order valence-electron chi connectivity index (χ3n) is 3.70. The Morgan fingerprint density at radius 3 is 2.72 bits per heavy atom. The molecule has 1 aliphatic heterocycles. The van der Waals surface area contributed by atoms with Gasteiger partial charge >= 0.3 is 0 Å². The lowest BCUT2D eigenvalue weighted by atomic mass is 10.0. The molecule has 3 nitrogen and oxygen atoms in total. The normalized spacial score (nSPS) is 17.3. The molecule has 0 unspecified atom stereocenters. The number of hydrogen-bond donors (Lipinski definition) is 1. The van der Waals surface area contributed by atoms with Gasteiger partial charge in [-0.25, -0.2) is 0 Å². The van der Waals surface area contributed by atoms with E-state index < -0.39 is 0 Å². The highest BCUT2D eigenvalue weighted by Crippen LogP contribution is 2.28. The number of nitrogens with zero attached hydrogens (tertiary/aromatic N) is 2. The Labute approximate surface area is 108 Å². The molecule has 3 rings (SSSR count). The highest BCUT2D eigenvalue weighted by Gasteiger charge is 2.18. The molecule has 0 amide bonds. The van der Waals surface area contributed by atoms with E-state index >= 15 is 0 Å². The molecule has 94 valence electrons. The van der Waals surface area contributed by atoms with Crippen molar-refractivity contribution in [1.29, 1.82) is 0 Å². The molecule has 1 fully saturated rings. The van der Waals surface area contributed by atoms with Crippen LogP contribution in [0.15, 0.2) is 30.3 Å². The first-order valence-electron chi connectivity index (χ1n) is 6.61. The molecule has 1 aromatic heterocycles. The molecular weight excluding hydrogens is 222 g/mol. The number of nitrogens with two attached hydrogens (primary N) is 1. The number of rotatable bonds is 1. The Bertz CT molecular complexity index is 557. The number of hydrogen-bond acceptors (Lipinski definition) is 3. The van der Waals surface area contributed by atoms with E-state index in [1.807, 2.05) is 6.07 Å². The van der Waals surface area contributed by atoms with Crippen LogP contribution in [0.5, 0.6) is 0 Å². The smallest absolute Gasteiger partial charge is 0.0726 e. The molecule has 1 aromatic carbocycles. The van der Waals surface area contributed by atoms with Crippen LogP contribution in [0.2, 0.25) is 0 Å². The van der Waals surface area contributed by atoms with Gasteiger partial charge in [-0.1, -0.05) is 18.2 Å². The lowest BCUT2D eigenvalue weighted by Gasteiger charge is -2.32. The molecule has 2 aromatic rings. The zero-order valence-corrected chi connectivity index (χ0v) is 10.8. The van der Waals surface area contributed by atoms with Gasteiger partial charge in [0.25, 0.3) is 0 Å². The molecule has 0 saturated carbocycles. The van der Waals surface area contributed by atoms with Crippen LogP contribution in [0.25, 0.3) is 10.9 Å². The summed E-state index contributed by atoms with van der Waals surface area (Å²) in [5.74, 6) is 0. The van der Waals surface area contributed by atoms with Gasteiger partial charge in [-0.15, -0.1) is 0 Å². The summed E-state index contributed by atoms with van der Waals surface area (Å²) >= 11 is 0. The van der Waals surface area contributed by atoms with Crippen LogP contribution in [-0.4, -0.2) is 24.1 Å². The number of para-hydroxylation sites is 1. The second kappa shape index (κ2) is 4.58. The zero-order valence-electron chi connectivity index (χ0n) is 10.8. The summed E-state index contributed by atoms with van der Waals surface area (Å²) in [6, 6.07) is 10.9. The highest BCUT2D eigenvalue weighted by molar-refractivity contribution is 5.92. The third kappa shape index (κ3) is 2.06. The van der Waals surface area contributed by atoms with Crippen molar-refractivity contribution in [2.75, 3.05) is 18.0 Å². The molecule has 0 spiro atoms. The summed E-state index contributed by atoms with van der Waals surface area (Å²) in [5.41, 5.74) is 9.46. The van der Waals surface area contributed by atoms with Crippen LogP contribution in [0, 0.1) is 6.92 Å². The number of aryl methyl sites for hydroxylation is 1. The summed E-state index contributed by atoms with van der Waals surface area (Å²) in [6.45, 7) is 4.16. The Morgan fingerprint density at radius 2 is 1.94 bits per heavy atom. The third-order valence-corrected chi connectivity index (χ3v) is 3.70. The van der Waals surface area contributed by atoms with Crippen molar-refractivity contribution in [2.24, 2.45) is 5.73 Å². The molecule has 1 saturated heterocycles. The molecule has 1 aliphatic rings. The number of benzene rings is 1. The Kier molecular flexibility index (Phi) is 2.92. The topological polar surface area (TPSA) is 42.1 Å².